The van der Waals surface area contributed by atoms with Gasteiger partial charge < -0.3 is 0 Å². The molecule has 0 fully saturated rings. The summed E-state index contributed by atoms with van der Waals surface area (Å²) in [6.45, 7) is 2.57. The quantitative estimate of drug-likeness (QED) is 0.117. The van der Waals surface area contributed by atoms with Crippen LogP contribution in [-0.4, -0.2) is 27.0 Å². The van der Waals surface area contributed by atoms with Gasteiger partial charge in [-0.1, -0.05) is 90.4 Å². The zero-order valence-corrected chi connectivity index (χ0v) is 21.5. The lowest BCUT2D eigenvalue weighted by molar-refractivity contribution is -0.173. The van der Waals surface area contributed by atoms with Gasteiger partial charge in [0.2, 0.25) is 0 Å². The highest BCUT2D eigenvalue weighted by molar-refractivity contribution is 7.90. The molecule has 0 saturated carbocycles. The number of hydrogen-bond acceptors (Lipinski definition) is 4. The van der Waals surface area contributed by atoms with Gasteiger partial charge in [0, 0.05) is 12.2 Å². The van der Waals surface area contributed by atoms with Crippen LogP contribution in [0.15, 0.2) is 24.3 Å². The van der Waals surface area contributed by atoms with Gasteiger partial charge in [0.25, 0.3) is 10.2 Å². The lowest BCUT2D eigenvalue weighted by atomic mass is 10.0. The number of carbonyl (C=O) groups excluding carboxylic acids is 1. The normalized spacial score (nSPS) is 11.9. The molecule has 0 aliphatic heterocycles. The van der Waals surface area contributed by atoms with E-state index in [1.54, 1.807) is 0 Å². The molecular weight excluding hydrogens is 481 g/mol. The predicted molar refractivity (Wildman–Crippen MR) is 135 cm³/mol. The zero-order valence-electron chi connectivity index (χ0n) is 20.7. The van der Waals surface area contributed by atoms with E-state index >= 15 is 0 Å². The minimum atomic E-state index is -5.00. The minimum Gasteiger partial charge on any atom is -0.298 e. The second-order valence-electron chi connectivity index (χ2n) is 8.75. The van der Waals surface area contributed by atoms with E-state index in [1.807, 2.05) is 0 Å². The first-order valence-electron chi connectivity index (χ1n) is 12.6. The number of benzene rings is 1. The Hall–Kier alpha value is -2.01. The summed E-state index contributed by atoms with van der Waals surface area (Å²) < 4.78 is 65.6. The van der Waals surface area contributed by atoms with Crippen LogP contribution in [0.5, 0.6) is 0 Å². The van der Waals surface area contributed by atoms with Crippen molar-refractivity contribution in [2.75, 3.05) is 16.7 Å². The van der Waals surface area contributed by atoms with Gasteiger partial charge >= 0.3 is 12.1 Å². The van der Waals surface area contributed by atoms with Gasteiger partial charge in [-0.2, -0.15) is 26.3 Å². The molecule has 0 aromatic heterocycles. The molecule has 0 aliphatic carbocycles. The van der Waals surface area contributed by atoms with E-state index in [9.17, 15) is 26.4 Å². The lowest BCUT2D eigenvalue weighted by Crippen LogP contribution is -2.40. The Morgan fingerprint density at radius 2 is 1.17 bits per heavy atom. The first-order chi connectivity index (χ1) is 16.6. The van der Waals surface area contributed by atoms with Crippen molar-refractivity contribution in [2.45, 2.75) is 103 Å². The summed E-state index contributed by atoms with van der Waals surface area (Å²) in [5.41, 5.74) is 4.03. The average Bonchev–Trinajstić information content (AvgIpc) is 2.80. The van der Waals surface area contributed by atoms with Crippen LogP contribution in [0.3, 0.4) is 0 Å². The second kappa shape index (κ2) is 17.4. The van der Waals surface area contributed by atoms with Crippen LogP contribution < -0.4 is 20.3 Å². The summed E-state index contributed by atoms with van der Waals surface area (Å²) in [5.74, 6) is -2.13. The highest BCUT2D eigenvalue weighted by Gasteiger charge is 2.38. The molecule has 7 nitrogen and oxygen atoms in total. The van der Waals surface area contributed by atoms with E-state index in [-0.39, 0.29) is 11.4 Å². The molecule has 0 unspecified atom stereocenters. The number of alkyl halides is 3. The SMILES string of the molecule is CCCCCCCCCCCCCCCCNS(=O)(=O)Nc1ccc(NNC(=O)C(F)(F)F)cc1. The molecule has 0 saturated heterocycles. The number of halogens is 3. The molecule has 0 aliphatic rings. The maximum absolute atomic E-state index is 12.2. The molecule has 1 rings (SSSR count). The van der Waals surface area contributed by atoms with Crippen LogP contribution in [-0.2, 0) is 15.0 Å². The van der Waals surface area contributed by atoms with Crippen molar-refractivity contribution in [2.24, 2.45) is 0 Å². The minimum absolute atomic E-state index is 0.168. The number of carbonyl (C=O) groups is 1. The third-order valence-electron chi connectivity index (χ3n) is 5.54. The Morgan fingerprint density at radius 3 is 1.63 bits per heavy atom. The number of unbranched alkanes of at least 4 members (excludes halogenated alkanes) is 13. The van der Waals surface area contributed by atoms with Crippen molar-refractivity contribution < 1.29 is 26.4 Å². The molecule has 4 N–H and O–H groups in total. The Labute approximate surface area is 208 Å². The van der Waals surface area contributed by atoms with Crippen molar-refractivity contribution in [1.82, 2.24) is 10.1 Å². The molecule has 202 valence electrons. The third-order valence-corrected chi connectivity index (χ3v) is 6.63. The van der Waals surface area contributed by atoms with Crippen LogP contribution in [0, 0.1) is 0 Å². The Kier molecular flexibility index (Phi) is 15.4. The summed E-state index contributed by atoms with van der Waals surface area (Å²) in [5, 5.41) is 0. The van der Waals surface area contributed by atoms with Gasteiger partial charge in [0.05, 0.1) is 5.69 Å². The standard InChI is InChI=1S/C24H41F3N4O3S/c1-2-3-4-5-6-7-8-9-10-11-12-13-14-15-20-28-35(33,34)31-22-18-16-21(17-19-22)29-30-23(32)24(25,26)27/h16-19,28-29,31H,2-15,20H2,1H3,(H,30,32). The largest absolute Gasteiger partial charge is 0.472 e. The van der Waals surface area contributed by atoms with Gasteiger partial charge in [0.15, 0.2) is 0 Å². The highest BCUT2D eigenvalue weighted by atomic mass is 32.2. The molecular formula is C24H41F3N4O3S. The molecule has 0 atom stereocenters. The van der Waals surface area contributed by atoms with E-state index in [4.69, 9.17) is 0 Å². The maximum atomic E-state index is 12.2. The van der Waals surface area contributed by atoms with Crippen LogP contribution in [0.25, 0.3) is 0 Å². The van der Waals surface area contributed by atoms with E-state index < -0.39 is 22.3 Å². The van der Waals surface area contributed by atoms with Crippen molar-refractivity contribution in [1.29, 1.82) is 0 Å². The summed E-state index contributed by atoms with van der Waals surface area (Å²) in [6.07, 6.45) is 12.2. The fraction of sp³-hybridized carbons (Fsp3) is 0.708. The van der Waals surface area contributed by atoms with Crippen molar-refractivity contribution >= 4 is 27.5 Å². The summed E-state index contributed by atoms with van der Waals surface area (Å²) in [7, 11) is -3.75. The van der Waals surface area contributed by atoms with E-state index in [0.717, 1.165) is 19.3 Å². The molecule has 1 amide bonds. The molecule has 11 heteroatoms. The fourth-order valence-corrected chi connectivity index (χ4v) is 4.47. The number of hydrogen-bond donors (Lipinski definition) is 4. The summed E-state index contributed by atoms with van der Waals surface area (Å²) in [6, 6.07) is 5.41. The number of amides is 1. The number of nitrogens with one attached hydrogen (secondary N) is 4. The van der Waals surface area contributed by atoms with Gasteiger partial charge in [0.1, 0.15) is 0 Å². The molecule has 35 heavy (non-hydrogen) atoms. The molecule has 0 heterocycles. The van der Waals surface area contributed by atoms with Crippen LogP contribution in [0.1, 0.15) is 96.8 Å². The topological polar surface area (TPSA) is 99.3 Å². The van der Waals surface area contributed by atoms with Crippen LogP contribution in [0.4, 0.5) is 24.5 Å². The first-order valence-corrected chi connectivity index (χ1v) is 14.1. The van der Waals surface area contributed by atoms with Crippen molar-refractivity contribution in [3.05, 3.63) is 24.3 Å². The predicted octanol–water partition coefficient (Wildman–Crippen LogP) is 6.42. The Balaban J connectivity index is 2.07. The maximum Gasteiger partial charge on any atom is 0.472 e. The second-order valence-corrected chi connectivity index (χ2v) is 10.2. The van der Waals surface area contributed by atoms with Crippen LogP contribution in [0.2, 0.25) is 0 Å². The first kappa shape index (κ1) is 31.0. The lowest BCUT2D eigenvalue weighted by Gasteiger charge is -2.12. The number of hydrazine groups is 1. The van der Waals surface area contributed by atoms with Crippen molar-refractivity contribution in [3.63, 3.8) is 0 Å². The Morgan fingerprint density at radius 1 is 0.743 bits per heavy atom. The van der Waals surface area contributed by atoms with Crippen LogP contribution >= 0.6 is 0 Å². The molecule has 0 radical (unpaired) electrons. The monoisotopic (exact) mass is 522 g/mol. The summed E-state index contributed by atoms with van der Waals surface area (Å²) in [4.78, 5) is 10.8. The smallest absolute Gasteiger partial charge is 0.298 e. The summed E-state index contributed by atoms with van der Waals surface area (Å²) >= 11 is 0. The molecule has 1 aromatic carbocycles. The highest BCUT2D eigenvalue weighted by Crippen LogP contribution is 2.17. The van der Waals surface area contributed by atoms with E-state index in [2.05, 4.69) is 21.8 Å². The average molecular weight is 523 g/mol. The van der Waals surface area contributed by atoms with Gasteiger partial charge in [-0.3, -0.25) is 20.4 Å². The van der Waals surface area contributed by atoms with Crippen molar-refractivity contribution in [3.8, 4) is 0 Å². The van der Waals surface area contributed by atoms with E-state index in [1.165, 1.54) is 100 Å². The molecule has 0 spiro atoms. The zero-order chi connectivity index (χ0) is 26.0. The van der Waals surface area contributed by atoms with Gasteiger partial charge in [-0.15, -0.1) is 0 Å². The Bertz CT molecular complexity index is 803. The third kappa shape index (κ3) is 16.3. The van der Waals surface area contributed by atoms with Gasteiger partial charge in [-0.25, -0.2) is 0 Å². The fourth-order valence-electron chi connectivity index (χ4n) is 3.54. The van der Waals surface area contributed by atoms with E-state index in [0.29, 0.717) is 6.54 Å². The number of rotatable bonds is 20. The molecule has 0 bridgehead atoms. The van der Waals surface area contributed by atoms with Gasteiger partial charge in [-0.05, 0) is 30.7 Å². The molecule has 1 aromatic rings. The number of anilines is 2.